The van der Waals surface area contributed by atoms with Crippen molar-refractivity contribution in [1.82, 2.24) is 0 Å². The van der Waals surface area contributed by atoms with Crippen molar-refractivity contribution in [3.05, 3.63) is 103 Å². The number of hydrogen-bond acceptors (Lipinski definition) is 1. The molecule has 3 rings (SSSR count). The Morgan fingerprint density at radius 2 is 1.04 bits per heavy atom. The van der Waals surface area contributed by atoms with Gasteiger partial charge in [0.2, 0.25) is 0 Å². The van der Waals surface area contributed by atoms with E-state index in [1.165, 1.54) is 15.9 Å². The first-order valence-corrected chi connectivity index (χ1v) is 10.1. The Bertz CT molecular complexity index is 822. The number of carbonyl (C=O) groups excluding carboxylic acids is 1. The van der Waals surface area contributed by atoms with Crippen molar-refractivity contribution < 1.29 is 4.79 Å². The van der Waals surface area contributed by atoms with E-state index in [9.17, 15) is 4.79 Å². The van der Waals surface area contributed by atoms with Gasteiger partial charge in [-0.15, -0.1) is 0 Å². The largest absolute Gasteiger partial charge is 0.290 e. The van der Waals surface area contributed by atoms with Crippen molar-refractivity contribution >= 4 is 34.4 Å². The van der Waals surface area contributed by atoms with Gasteiger partial charge in [0.15, 0.2) is 5.78 Å². The lowest BCUT2D eigenvalue weighted by Crippen LogP contribution is -2.28. The molecule has 0 saturated heterocycles. The summed E-state index contributed by atoms with van der Waals surface area (Å²) in [5.74, 6) is 1.92. The zero-order valence-corrected chi connectivity index (χ0v) is 15.2. The molecule has 0 atom stereocenters. The van der Waals surface area contributed by atoms with Gasteiger partial charge in [-0.2, -0.15) is 0 Å². The van der Waals surface area contributed by atoms with Crippen LogP contribution in [0, 0.1) is 0 Å². The molecule has 2 heteroatoms. The Morgan fingerprint density at radius 3 is 1.32 bits per heavy atom. The molecule has 1 nitrogen and oxygen atoms in total. The molecule has 124 valence electrons. The lowest BCUT2D eigenvalue weighted by atomic mass is 10.2. The van der Waals surface area contributed by atoms with Crippen LogP contribution >= 0.6 is 6.89 Å². The highest BCUT2D eigenvalue weighted by atomic mass is 31.2. The van der Waals surface area contributed by atoms with E-state index in [-0.39, 0.29) is 5.78 Å². The average Bonchev–Trinajstić information content (AvgIpc) is 2.68. The molecule has 0 aliphatic rings. The lowest BCUT2D eigenvalue weighted by Gasteiger charge is -2.28. The summed E-state index contributed by atoms with van der Waals surface area (Å²) in [5.41, 5.74) is 0.562. The van der Waals surface area contributed by atoms with Gasteiger partial charge in [-0.1, -0.05) is 97.6 Å². The summed E-state index contributed by atoms with van der Waals surface area (Å²) in [6, 6.07) is 31.0. The van der Waals surface area contributed by atoms with E-state index in [0.717, 1.165) is 0 Å². The van der Waals surface area contributed by atoms with Crippen LogP contribution in [0.15, 0.2) is 103 Å². The first-order chi connectivity index (χ1) is 12.1. The molecule has 0 unspecified atom stereocenters. The second-order valence-corrected chi connectivity index (χ2v) is 9.26. The van der Waals surface area contributed by atoms with Gasteiger partial charge in [0.05, 0.1) is 0 Å². The van der Waals surface area contributed by atoms with Gasteiger partial charge < -0.3 is 0 Å². The number of Topliss-reactive ketones (excluding diaryl/α,β-unsaturated/α-hetero) is 1. The first kappa shape index (κ1) is 17.2. The Kier molecular flexibility index (Phi) is 5.16. The van der Waals surface area contributed by atoms with Gasteiger partial charge in [0.1, 0.15) is 0 Å². The normalized spacial score (nSPS) is 10.9. The zero-order valence-electron chi connectivity index (χ0n) is 14.3. The fourth-order valence-corrected chi connectivity index (χ4v) is 6.79. The Balaban J connectivity index is 2.45. The number of benzene rings is 3. The summed E-state index contributed by atoms with van der Waals surface area (Å²) in [6.45, 7) is 3.43. The van der Waals surface area contributed by atoms with Crippen molar-refractivity contribution in [1.29, 1.82) is 0 Å². The molecule has 0 spiro atoms. The SMILES string of the molecule is C=C(C)C(=O)C=P(c1ccccc1)(c1ccccc1)c1ccccc1. The van der Waals surface area contributed by atoms with Gasteiger partial charge in [-0.05, 0) is 41.1 Å². The quantitative estimate of drug-likeness (QED) is 0.506. The minimum atomic E-state index is -2.20. The number of hydrogen-bond donors (Lipinski definition) is 0. The molecule has 0 aliphatic carbocycles. The third kappa shape index (κ3) is 3.43. The Morgan fingerprint density at radius 1 is 0.720 bits per heavy atom. The molecular weight excluding hydrogens is 323 g/mol. The highest BCUT2D eigenvalue weighted by Crippen LogP contribution is 2.43. The van der Waals surface area contributed by atoms with Crippen molar-refractivity contribution in [3.8, 4) is 0 Å². The molecule has 3 aromatic rings. The van der Waals surface area contributed by atoms with E-state index in [1.54, 1.807) is 6.92 Å². The highest BCUT2D eigenvalue weighted by molar-refractivity contribution is 7.95. The number of ketones is 1. The maximum Gasteiger partial charge on any atom is 0.182 e. The summed E-state index contributed by atoms with van der Waals surface area (Å²) >= 11 is 0. The molecule has 3 aromatic carbocycles. The van der Waals surface area contributed by atoms with Crippen LogP contribution in [0.5, 0.6) is 0 Å². The second-order valence-electron chi connectivity index (χ2n) is 6.00. The van der Waals surface area contributed by atoms with Gasteiger partial charge in [-0.3, -0.25) is 4.79 Å². The maximum absolute atomic E-state index is 12.8. The fraction of sp³-hybridized carbons (Fsp3) is 0.0435. The van der Waals surface area contributed by atoms with E-state index in [0.29, 0.717) is 5.57 Å². The molecular formula is C23H21OP. The summed E-state index contributed by atoms with van der Waals surface area (Å²) < 4.78 is 0. The monoisotopic (exact) mass is 344 g/mol. The molecule has 0 fully saturated rings. The highest BCUT2D eigenvalue weighted by Gasteiger charge is 2.26. The van der Waals surface area contributed by atoms with E-state index in [2.05, 4.69) is 43.0 Å². The van der Waals surface area contributed by atoms with Crippen LogP contribution in [-0.4, -0.2) is 11.6 Å². The number of carbonyl (C=O) groups is 1. The predicted octanol–water partition coefficient (Wildman–Crippen LogP) is 3.93. The van der Waals surface area contributed by atoms with Crippen molar-refractivity contribution in [3.63, 3.8) is 0 Å². The van der Waals surface area contributed by atoms with Crippen molar-refractivity contribution in [2.75, 3.05) is 0 Å². The first-order valence-electron chi connectivity index (χ1n) is 8.26. The maximum atomic E-state index is 12.8. The topological polar surface area (TPSA) is 17.1 Å². The van der Waals surface area contributed by atoms with Gasteiger partial charge in [0.25, 0.3) is 0 Å². The molecule has 0 radical (unpaired) electrons. The summed E-state index contributed by atoms with van der Waals surface area (Å²) in [5, 5.41) is 3.51. The van der Waals surface area contributed by atoms with Crippen molar-refractivity contribution in [2.45, 2.75) is 6.92 Å². The molecule has 0 aliphatic heterocycles. The molecule has 0 heterocycles. The molecule has 0 amide bonds. The standard InChI is InChI=1S/C23H21OP/c1-19(2)23(24)18-25(20-12-6-3-7-13-20,21-14-8-4-9-15-21)22-16-10-5-11-17-22/h3-18H,1H2,2H3. The van der Waals surface area contributed by atoms with Gasteiger partial charge in [0, 0.05) is 0 Å². The van der Waals surface area contributed by atoms with Crippen LogP contribution in [0.1, 0.15) is 6.92 Å². The van der Waals surface area contributed by atoms with Crippen LogP contribution in [-0.2, 0) is 4.79 Å². The van der Waals surface area contributed by atoms with E-state index < -0.39 is 6.89 Å². The van der Waals surface area contributed by atoms with E-state index >= 15 is 0 Å². The number of rotatable bonds is 5. The molecule has 25 heavy (non-hydrogen) atoms. The van der Waals surface area contributed by atoms with E-state index in [1.807, 2.05) is 60.4 Å². The van der Waals surface area contributed by atoms with Crippen molar-refractivity contribution in [2.24, 2.45) is 0 Å². The van der Waals surface area contributed by atoms with Crippen LogP contribution in [0.3, 0.4) is 0 Å². The minimum Gasteiger partial charge on any atom is -0.290 e. The van der Waals surface area contributed by atoms with Crippen LogP contribution < -0.4 is 15.9 Å². The molecule has 0 aromatic heterocycles. The predicted molar refractivity (Wildman–Crippen MR) is 111 cm³/mol. The van der Waals surface area contributed by atoms with E-state index in [4.69, 9.17) is 0 Å². The van der Waals surface area contributed by atoms with Crippen LogP contribution in [0.4, 0.5) is 0 Å². The third-order valence-corrected chi connectivity index (χ3v) is 8.18. The van der Waals surface area contributed by atoms with Crippen LogP contribution in [0.2, 0.25) is 0 Å². The third-order valence-electron chi connectivity index (χ3n) is 4.22. The smallest absolute Gasteiger partial charge is 0.182 e. The van der Waals surface area contributed by atoms with Crippen LogP contribution in [0.25, 0.3) is 0 Å². The Hall–Kier alpha value is -2.63. The summed E-state index contributed by atoms with van der Waals surface area (Å²) in [6.07, 6.45) is 0. The minimum absolute atomic E-state index is 0.00453. The second kappa shape index (κ2) is 7.51. The van der Waals surface area contributed by atoms with Gasteiger partial charge in [-0.25, -0.2) is 0 Å². The zero-order chi connectivity index (χ0) is 17.7. The molecule has 0 bridgehead atoms. The lowest BCUT2D eigenvalue weighted by molar-refractivity contribution is -0.109. The molecule has 0 saturated carbocycles. The Labute approximate surface area is 149 Å². The molecule has 0 N–H and O–H groups in total. The number of allylic oxidation sites excluding steroid dienone is 1. The van der Waals surface area contributed by atoms with Gasteiger partial charge >= 0.3 is 0 Å². The fourth-order valence-electron chi connectivity index (χ4n) is 2.95. The average molecular weight is 344 g/mol. The summed E-state index contributed by atoms with van der Waals surface area (Å²) in [4.78, 5) is 12.8. The summed E-state index contributed by atoms with van der Waals surface area (Å²) in [7, 11) is 0.